The molecular formula is C17H15N5O5. The maximum absolute atomic E-state index is 12.5. The van der Waals surface area contributed by atoms with Gasteiger partial charge in [-0.2, -0.15) is 10.4 Å². The van der Waals surface area contributed by atoms with E-state index in [0.29, 0.717) is 10.6 Å². The van der Waals surface area contributed by atoms with E-state index in [1.807, 2.05) is 6.07 Å². The van der Waals surface area contributed by atoms with E-state index in [1.165, 1.54) is 36.2 Å². The lowest BCUT2D eigenvalue weighted by Gasteiger charge is -2.28. The van der Waals surface area contributed by atoms with Crippen LogP contribution in [0.15, 0.2) is 24.4 Å². The number of benzene rings is 1. The van der Waals surface area contributed by atoms with Crippen molar-refractivity contribution in [2.45, 2.75) is 13.0 Å². The molecule has 27 heavy (non-hydrogen) atoms. The number of nitrogens with one attached hydrogen (secondary N) is 1. The predicted octanol–water partition coefficient (Wildman–Crippen LogP) is 1.71. The van der Waals surface area contributed by atoms with Gasteiger partial charge in [-0.1, -0.05) is 0 Å². The Morgan fingerprint density at radius 3 is 2.81 bits per heavy atom. The second-order valence-corrected chi connectivity index (χ2v) is 5.88. The Bertz CT molecular complexity index is 990. The third kappa shape index (κ3) is 3.06. The fourth-order valence-electron chi connectivity index (χ4n) is 2.85. The highest BCUT2D eigenvalue weighted by molar-refractivity contribution is 6.11. The molecule has 0 radical (unpaired) electrons. The first-order valence-electron chi connectivity index (χ1n) is 7.89. The summed E-state index contributed by atoms with van der Waals surface area (Å²) in [6.45, 7) is 1.69. The monoisotopic (exact) mass is 369 g/mol. The van der Waals surface area contributed by atoms with Crippen LogP contribution >= 0.6 is 0 Å². The number of imide groups is 1. The summed E-state index contributed by atoms with van der Waals surface area (Å²) in [5.74, 6) is -1.00. The van der Waals surface area contributed by atoms with Crippen molar-refractivity contribution in [1.29, 1.82) is 5.26 Å². The predicted molar refractivity (Wildman–Crippen MR) is 91.7 cm³/mol. The lowest BCUT2D eigenvalue weighted by molar-refractivity contribution is 0.0658. The number of amides is 3. The summed E-state index contributed by atoms with van der Waals surface area (Å²) in [6, 6.07) is 5.88. The topological polar surface area (TPSA) is 138 Å². The second kappa shape index (κ2) is 6.80. The Hall–Kier alpha value is -3.87. The summed E-state index contributed by atoms with van der Waals surface area (Å²) in [4.78, 5) is 36.9. The highest BCUT2D eigenvalue weighted by atomic mass is 16.5. The van der Waals surface area contributed by atoms with Crippen molar-refractivity contribution < 1.29 is 24.2 Å². The molecule has 10 nitrogen and oxygen atoms in total. The number of nitriles is 1. The zero-order valence-corrected chi connectivity index (χ0v) is 14.5. The first kappa shape index (κ1) is 17.9. The van der Waals surface area contributed by atoms with Crippen molar-refractivity contribution in [2.24, 2.45) is 0 Å². The first-order chi connectivity index (χ1) is 12.9. The number of carbonyl (C=O) groups is 3. The molecule has 1 aliphatic rings. The fourth-order valence-corrected chi connectivity index (χ4v) is 2.85. The summed E-state index contributed by atoms with van der Waals surface area (Å²) < 4.78 is 6.42. The lowest BCUT2D eigenvalue weighted by Crippen LogP contribution is -2.45. The van der Waals surface area contributed by atoms with Gasteiger partial charge in [0.1, 0.15) is 11.8 Å². The Morgan fingerprint density at radius 2 is 2.19 bits per heavy atom. The lowest BCUT2D eigenvalue weighted by atomic mass is 10.1. The molecule has 3 rings (SSSR count). The van der Waals surface area contributed by atoms with Crippen LogP contribution in [0.3, 0.4) is 0 Å². The third-order valence-corrected chi connectivity index (χ3v) is 4.17. The van der Waals surface area contributed by atoms with Crippen molar-refractivity contribution in [3.63, 3.8) is 0 Å². The van der Waals surface area contributed by atoms with Gasteiger partial charge in [0.05, 0.1) is 37.1 Å². The molecule has 0 fully saturated rings. The first-order valence-corrected chi connectivity index (χ1v) is 7.89. The van der Waals surface area contributed by atoms with Crippen LogP contribution in [0.25, 0.3) is 0 Å². The van der Waals surface area contributed by atoms with Crippen molar-refractivity contribution in [2.75, 3.05) is 19.0 Å². The quantitative estimate of drug-likeness (QED) is 0.840. The minimum absolute atomic E-state index is 0.0153. The highest BCUT2D eigenvalue weighted by Gasteiger charge is 2.36. The number of methoxy groups -OCH3 is 1. The molecule has 1 unspecified atom stereocenters. The zero-order chi connectivity index (χ0) is 19.7. The van der Waals surface area contributed by atoms with Gasteiger partial charge in [0.2, 0.25) is 0 Å². The SMILES string of the molecule is COc1ccc(C(=O)Nc2cnn3c2C(=O)N(C(=O)O)CC3C)cc1C#N. The summed E-state index contributed by atoms with van der Waals surface area (Å²) in [5.41, 5.74) is 0.443. The van der Waals surface area contributed by atoms with E-state index in [-0.39, 0.29) is 35.1 Å². The molecule has 0 aliphatic carbocycles. The van der Waals surface area contributed by atoms with Crippen LogP contribution < -0.4 is 10.1 Å². The highest BCUT2D eigenvalue weighted by Crippen LogP contribution is 2.27. The van der Waals surface area contributed by atoms with Crippen molar-refractivity contribution in [3.05, 3.63) is 41.2 Å². The molecule has 2 aromatic rings. The molecular weight excluding hydrogens is 354 g/mol. The number of ether oxygens (including phenoxy) is 1. The average molecular weight is 369 g/mol. The van der Waals surface area contributed by atoms with Crippen LogP contribution in [0.1, 0.15) is 39.4 Å². The molecule has 3 amide bonds. The maximum atomic E-state index is 12.5. The summed E-state index contributed by atoms with van der Waals surface area (Å²) >= 11 is 0. The van der Waals surface area contributed by atoms with E-state index >= 15 is 0 Å². The van der Waals surface area contributed by atoms with Gasteiger partial charge in [-0.25, -0.2) is 9.69 Å². The molecule has 1 aromatic carbocycles. The van der Waals surface area contributed by atoms with Crippen LogP contribution in [0.4, 0.5) is 10.5 Å². The minimum atomic E-state index is -1.37. The van der Waals surface area contributed by atoms with E-state index in [0.717, 1.165) is 0 Å². The van der Waals surface area contributed by atoms with Gasteiger partial charge in [-0.3, -0.25) is 14.3 Å². The summed E-state index contributed by atoms with van der Waals surface area (Å²) in [5, 5.41) is 25.0. The molecule has 2 N–H and O–H groups in total. The Balaban J connectivity index is 1.92. The van der Waals surface area contributed by atoms with Gasteiger partial charge in [0.25, 0.3) is 11.8 Å². The van der Waals surface area contributed by atoms with E-state index in [9.17, 15) is 19.5 Å². The molecule has 0 spiro atoms. The van der Waals surface area contributed by atoms with E-state index in [4.69, 9.17) is 10.00 Å². The van der Waals surface area contributed by atoms with Gasteiger partial charge >= 0.3 is 6.09 Å². The molecule has 1 aliphatic heterocycles. The van der Waals surface area contributed by atoms with Crippen LogP contribution in [0.5, 0.6) is 5.75 Å². The zero-order valence-electron chi connectivity index (χ0n) is 14.5. The molecule has 0 saturated heterocycles. The number of fused-ring (bicyclic) bond motifs is 1. The fraction of sp³-hybridized carbons (Fsp3) is 0.235. The van der Waals surface area contributed by atoms with E-state index in [2.05, 4.69) is 10.4 Å². The molecule has 1 atom stereocenters. The van der Waals surface area contributed by atoms with Gasteiger partial charge in [-0.15, -0.1) is 0 Å². The molecule has 138 valence electrons. The number of rotatable bonds is 3. The largest absolute Gasteiger partial charge is 0.495 e. The normalized spacial score (nSPS) is 15.7. The molecule has 10 heteroatoms. The van der Waals surface area contributed by atoms with Crippen molar-refractivity contribution >= 4 is 23.6 Å². The van der Waals surface area contributed by atoms with Gasteiger partial charge in [-0.05, 0) is 25.1 Å². The van der Waals surface area contributed by atoms with Crippen LogP contribution in [0, 0.1) is 11.3 Å². The Labute approximate surface area is 153 Å². The smallest absolute Gasteiger partial charge is 0.414 e. The van der Waals surface area contributed by atoms with Crippen LogP contribution in [-0.4, -0.2) is 51.3 Å². The number of carbonyl (C=O) groups excluding carboxylic acids is 2. The van der Waals surface area contributed by atoms with Gasteiger partial charge in [0.15, 0.2) is 5.69 Å². The van der Waals surface area contributed by atoms with Crippen molar-refractivity contribution in [3.8, 4) is 11.8 Å². The van der Waals surface area contributed by atoms with Crippen LogP contribution in [-0.2, 0) is 0 Å². The number of hydrogen-bond donors (Lipinski definition) is 2. The molecule has 2 heterocycles. The number of nitrogens with zero attached hydrogens (tertiary/aromatic N) is 4. The van der Waals surface area contributed by atoms with E-state index in [1.54, 1.807) is 6.92 Å². The molecule has 1 aromatic heterocycles. The average Bonchev–Trinajstić information content (AvgIpc) is 3.08. The molecule has 0 bridgehead atoms. The standard InChI is InChI=1S/C17H15N5O5/c1-9-8-21(17(25)26)16(24)14-12(7-19-22(9)14)20-15(23)10-3-4-13(27-2)11(5-10)6-18/h3-5,7,9H,8H2,1-2H3,(H,20,23)(H,25,26). The number of carboxylic acid groups (broad SMARTS) is 1. The third-order valence-electron chi connectivity index (χ3n) is 4.17. The number of aromatic nitrogens is 2. The number of hydrogen-bond acceptors (Lipinski definition) is 6. The maximum Gasteiger partial charge on any atom is 0.414 e. The van der Waals surface area contributed by atoms with Crippen molar-refractivity contribution in [1.82, 2.24) is 14.7 Å². The van der Waals surface area contributed by atoms with Crippen LogP contribution in [0.2, 0.25) is 0 Å². The molecule has 0 saturated carbocycles. The van der Waals surface area contributed by atoms with Gasteiger partial charge < -0.3 is 15.2 Å². The van der Waals surface area contributed by atoms with Gasteiger partial charge in [0, 0.05) is 5.56 Å². The summed E-state index contributed by atoms with van der Waals surface area (Å²) in [6.07, 6.45) is -0.0766. The Morgan fingerprint density at radius 1 is 1.44 bits per heavy atom. The Kier molecular flexibility index (Phi) is 4.51. The van der Waals surface area contributed by atoms with E-state index < -0.39 is 17.9 Å². The second-order valence-electron chi connectivity index (χ2n) is 5.88. The number of anilines is 1. The summed E-state index contributed by atoms with van der Waals surface area (Å²) in [7, 11) is 1.41. The minimum Gasteiger partial charge on any atom is -0.495 e.